The van der Waals surface area contributed by atoms with Gasteiger partial charge in [0.1, 0.15) is 24.0 Å². The smallest absolute Gasteiger partial charge is 0.410 e. The Hall–Kier alpha value is -3.04. The number of amides is 1. The molecule has 0 radical (unpaired) electrons. The molecule has 0 aliphatic carbocycles. The average molecular weight is 459 g/mol. The zero-order valence-electron chi connectivity index (χ0n) is 18.3. The van der Waals surface area contributed by atoms with E-state index >= 15 is 0 Å². The van der Waals surface area contributed by atoms with Gasteiger partial charge >= 0.3 is 6.09 Å². The monoisotopic (exact) mass is 458 g/mol. The predicted octanol–water partition coefficient (Wildman–Crippen LogP) is 3.04. The van der Waals surface area contributed by atoms with Gasteiger partial charge in [0.15, 0.2) is 0 Å². The second-order valence-corrected chi connectivity index (χ2v) is 9.21. The number of aliphatic hydroxyl groups excluding tert-OH is 1. The first kappa shape index (κ1) is 22.2. The molecule has 4 rings (SSSR count). The van der Waals surface area contributed by atoms with Crippen molar-refractivity contribution in [2.45, 2.75) is 32.6 Å². The fourth-order valence-corrected chi connectivity index (χ4v) is 3.91. The molecule has 1 aromatic carbocycles. The zero-order chi connectivity index (χ0) is 23.0. The van der Waals surface area contributed by atoms with Crippen molar-refractivity contribution < 1.29 is 14.6 Å². The molecule has 0 bridgehead atoms. The number of fused-ring (bicyclic) bond motifs is 1. The van der Waals surface area contributed by atoms with E-state index in [1.165, 1.54) is 6.33 Å². The molecule has 3 N–H and O–H groups in total. The van der Waals surface area contributed by atoms with Crippen LogP contribution in [0, 0.1) is 0 Å². The first-order valence-corrected chi connectivity index (χ1v) is 10.8. The van der Waals surface area contributed by atoms with Gasteiger partial charge in [-0.2, -0.15) is 0 Å². The molecule has 1 unspecified atom stereocenters. The van der Waals surface area contributed by atoms with Gasteiger partial charge < -0.3 is 30.3 Å². The summed E-state index contributed by atoms with van der Waals surface area (Å²) in [5.41, 5.74) is 7.59. The highest BCUT2D eigenvalue weighted by molar-refractivity contribution is 6.31. The van der Waals surface area contributed by atoms with E-state index in [2.05, 4.69) is 14.9 Å². The molecule has 3 heterocycles. The van der Waals surface area contributed by atoms with E-state index in [1.54, 1.807) is 28.2 Å². The van der Waals surface area contributed by atoms with Gasteiger partial charge in [0.05, 0.1) is 21.9 Å². The van der Waals surface area contributed by atoms with Crippen LogP contribution >= 0.6 is 11.6 Å². The molecule has 10 heteroatoms. The molecule has 0 spiro atoms. The second-order valence-electron chi connectivity index (χ2n) is 8.77. The van der Waals surface area contributed by atoms with Crippen LogP contribution in [0.5, 0.6) is 0 Å². The molecule has 0 saturated carbocycles. The molecule has 1 atom stereocenters. The van der Waals surface area contributed by atoms with Crippen molar-refractivity contribution in [2.75, 3.05) is 41.7 Å². The fourth-order valence-electron chi connectivity index (χ4n) is 3.73. The van der Waals surface area contributed by atoms with Gasteiger partial charge in [-0.3, -0.25) is 0 Å². The van der Waals surface area contributed by atoms with E-state index in [-0.39, 0.29) is 6.09 Å². The van der Waals surface area contributed by atoms with E-state index in [0.29, 0.717) is 48.1 Å². The average Bonchev–Trinajstić information content (AvgIpc) is 2.73. The molecular formula is C22H27ClN6O3. The summed E-state index contributed by atoms with van der Waals surface area (Å²) in [5, 5.41) is 11.6. The number of benzene rings is 1. The Balaban J connectivity index is 1.57. The van der Waals surface area contributed by atoms with Crippen molar-refractivity contribution in [3.05, 3.63) is 41.8 Å². The summed E-state index contributed by atoms with van der Waals surface area (Å²) in [7, 11) is 0. The quantitative estimate of drug-likeness (QED) is 0.661. The minimum Gasteiger partial charge on any atom is -0.444 e. The van der Waals surface area contributed by atoms with E-state index < -0.39 is 11.8 Å². The zero-order valence-corrected chi connectivity index (χ0v) is 19.1. The second kappa shape index (κ2) is 8.48. The minimum atomic E-state index is -0.875. The predicted molar refractivity (Wildman–Crippen MR) is 126 cm³/mol. The number of halogens is 1. The number of anilines is 3. The summed E-state index contributed by atoms with van der Waals surface area (Å²) in [4.78, 5) is 26.7. The molecule has 2 aliphatic heterocycles. The Labute approximate surface area is 191 Å². The lowest BCUT2D eigenvalue weighted by molar-refractivity contribution is 0.0240. The molecule has 2 aromatic rings. The third kappa shape index (κ3) is 4.58. The van der Waals surface area contributed by atoms with Crippen LogP contribution in [0.4, 0.5) is 22.0 Å². The number of piperazine rings is 1. The van der Waals surface area contributed by atoms with Gasteiger partial charge in [0, 0.05) is 37.8 Å². The Bertz CT molecular complexity index is 1090. The standard InChI is InChI=1S/C22H27ClN6O3/c1-22(2,3)32-21(31)28-8-6-27(7-9-28)20-15-10-16(24)18(11-17(15)25-13-26-20)29-12-14(23)4-5-19(29)30/h4-5,10-13,19,30H,6-9,24H2,1-3H3. The molecule has 1 saturated heterocycles. The van der Waals surface area contributed by atoms with Crippen molar-refractivity contribution in [3.63, 3.8) is 0 Å². The van der Waals surface area contributed by atoms with E-state index in [0.717, 1.165) is 11.2 Å². The number of hydrogen-bond donors (Lipinski definition) is 2. The first-order chi connectivity index (χ1) is 15.1. The summed E-state index contributed by atoms with van der Waals surface area (Å²) in [5.74, 6) is 0.754. The number of carbonyl (C=O) groups is 1. The third-order valence-corrected chi connectivity index (χ3v) is 5.47. The van der Waals surface area contributed by atoms with Crippen molar-refractivity contribution in [1.82, 2.24) is 14.9 Å². The van der Waals surface area contributed by atoms with Crippen LogP contribution in [0.2, 0.25) is 0 Å². The normalized spacial score (nSPS) is 19.3. The number of ether oxygens (including phenoxy) is 1. The van der Waals surface area contributed by atoms with Crippen molar-refractivity contribution in [1.29, 1.82) is 0 Å². The molecule has 32 heavy (non-hydrogen) atoms. The molecule has 1 amide bonds. The minimum absolute atomic E-state index is 0.306. The van der Waals surface area contributed by atoms with E-state index in [4.69, 9.17) is 22.1 Å². The van der Waals surface area contributed by atoms with E-state index in [1.807, 2.05) is 32.9 Å². The lowest BCUT2D eigenvalue weighted by atomic mass is 10.1. The lowest BCUT2D eigenvalue weighted by Gasteiger charge is -2.36. The number of aliphatic hydroxyl groups is 1. The molecule has 2 aliphatic rings. The highest BCUT2D eigenvalue weighted by Crippen LogP contribution is 2.35. The highest BCUT2D eigenvalue weighted by Gasteiger charge is 2.27. The first-order valence-electron chi connectivity index (χ1n) is 10.4. The summed E-state index contributed by atoms with van der Waals surface area (Å²) < 4.78 is 5.47. The summed E-state index contributed by atoms with van der Waals surface area (Å²) in [6.07, 6.45) is 5.17. The summed E-state index contributed by atoms with van der Waals surface area (Å²) in [6.45, 7) is 7.86. The molecule has 1 aromatic heterocycles. The largest absolute Gasteiger partial charge is 0.444 e. The highest BCUT2D eigenvalue weighted by atomic mass is 35.5. The van der Waals surface area contributed by atoms with Crippen LogP contribution in [0.25, 0.3) is 10.9 Å². The van der Waals surface area contributed by atoms with Gasteiger partial charge in [0.25, 0.3) is 0 Å². The van der Waals surface area contributed by atoms with Crippen molar-refractivity contribution >= 4 is 45.8 Å². The van der Waals surface area contributed by atoms with Crippen LogP contribution in [-0.4, -0.2) is 64.1 Å². The number of nitrogens with two attached hydrogens (primary N) is 1. The third-order valence-electron chi connectivity index (χ3n) is 5.25. The van der Waals surface area contributed by atoms with Crippen LogP contribution < -0.4 is 15.5 Å². The van der Waals surface area contributed by atoms with Gasteiger partial charge in [-0.25, -0.2) is 14.8 Å². The Morgan fingerprint density at radius 2 is 1.94 bits per heavy atom. The number of nitrogens with zero attached hydrogens (tertiary/aromatic N) is 5. The van der Waals surface area contributed by atoms with Gasteiger partial charge in [-0.05, 0) is 45.1 Å². The number of aromatic nitrogens is 2. The summed E-state index contributed by atoms with van der Waals surface area (Å²) in [6, 6.07) is 3.63. The molecule has 1 fully saturated rings. The maximum Gasteiger partial charge on any atom is 0.410 e. The Morgan fingerprint density at radius 1 is 1.22 bits per heavy atom. The number of rotatable bonds is 2. The van der Waals surface area contributed by atoms with Crippen molar-refractivity contribution in [3.8, 4) is 0 Å². The topological polar surface area (TPSA) is 108 Å². The van der Waals surface area contributed by atoms with Crippen molar-refractivity contribution in [2.24, 2.45) is 0 Å². The maximum atomic E-state index is 12.4. The molecule has 170 valence electrons. The van der Waals surface area contributed by atoms with E-state index in [9.17, 15) is 9.90 Å². The van der Waals surface area contributed by atoms with Crippen LogP contribution in [0.1, 0.15) is 20.8 Å². The molecule has 9 nitrogen and oxygen atoms in total. The SMILES string of the molecule is CC(C)(C)OC(=O)N1CCN(c2ncnc3cc(N4C=C(Cl)C=CC4O)c(N)cc23)CC1. The van der Waals surface area contributed by atoms with Gasteiger partial charge in [-0.15, -0.1) is 0 Å². The lowest BCUT2D eigenvalue weighted by Crippen LogP contribution is -2.50. The number of hydrogen-bond acceptors (Lipinski definition) is 8. The van der Waals surface area contributed by atoms with Crippen LogP contribution in [0.3, 0.4) is 0 Å². The maximum absolute atomic E-state index is 12.4. The van der Waals surface area contributed by atoms with Crippen LogP contribution in [0.15, 0.2) is 41.8 Å². The van der Waals surface area contributed by atoms with Gasteiger partial charge in [0.2, 0.25) is 0 Å². The number of allylic oxidation sites excluding steroid dienone is 2. The number of nitrogen functional groups attached to an aromatic ring is 1. The number of carbonyl (C=O) groups excluding carboxylic acids is 1. The molecular weight excluding hydrogens is 432 g/mol. The van der Waals surface area contributed by atoms with Crippen LogP contribution in [-0.2, 0) is 4.74 Å². The fraction of sp³-hybridized carbons (Fsp3) is 0.409. The Kier molecular flexibility index (Phi) is 5.87. The Morgan fingerprint density at radius 3 is 2.62 bits per heavy atom. The summed E-state index contributed by atoms with van der Waals surface area (Å²) >= 11 is 6.10. The van der Waals surface area contributed by atoms with Gasteiger partial charge in [-0.1, -0.05) is 11.6 Å².